The summed E-state index contributed by atoms with van der Waals surface area (Å²) in [5, 5.41) is 8.22. The summed E-state index contributed by atoms with van der Waals surface area (Å²) in [5.74, 6) is 0.976. The zero-order valence-corrected chi connectivity index (χ0v) is 13.6. The molecule has 0 saturated heterocycles. The van der Waals surface area contributed by atoms with Gasteiger partial charge in [0.1, 0.15) is 5.69 Å². The van der Waals surface area contributed by atoms with E-state index in [0.29, 0.717) is 33.5 Å². The zero-order valence-electron chi connectivity index (χ0n) is 12.1. The minimum atomic E-state index is 0.390. The standard InChI is InChI=1S/C14H18Cl2N4O/c1-3-6-17-9(2)4-5-12-19-14(20-21-12)13-11(16)7-10(15)8-18-13/h7-9,17H,3-6H2,1-2H3. The van der Waals surface area contributed by atoms with E-state index in [1.807, 2.05) is 0 Å². The van der Waals surface area contributed by atoms with Gasteiger partial charge in [-0.25, -0.2) is 4.98 Å². The molecule has 0 bridgehead atoms. The van der Waals surface area contributed by atoms with E-state index in [1.165, 1.54) is 6.20 Å². The maximum absolute atomic E-state index is 6.08. The van der Waals surface area contributed by atoms with E-state index in [9.17, 15) is 0 Å². The maximum Gasteiger partial charge on any atom is 0.227 e. The van der Waals surface area contributed by atoms with Gasteiger partial charge in [0.15, 0.2) is 0 Å². The van der Waals surface area contributed by atoms with Gasteiger partial charge in [-0.3, -0.25) is 0 Å². The monoisotopic (exact) mass is 328 g/mol. The summed E-state index contributed by atoms with van der Waals surface area (Å²) in [7, 11) is 0. The van der Waals surface area contributed by atoms with Gasteiger partial charge >= 0.3 is 0 Å². The SMILES string of the molecule is CCCNC(C)CCc1nc(-c2ncc(Cl)cc2Cl)no1. The number of pyridine rings is 1. The molecule has 2 rings (SSSR count). The van der Waals surface area contributed by atoms with Crippen molar-refractivity contribution in [1.29, 1.82) is 0 Å². The summed E-state index contributed by atoms with van der Waals surface area (Å²) >= 11 is 11.9. The molecule has 0 radical (unpaired) electrons. The van der Waals surface area contributed by atoms with Crippen molar-refractivity contribution in [3.05, 3.63) is 28.2 Å². The highest BCUT2D eigenvalue weighted by Gasteiger charge is 2.14. The topological polar surface area (TPSA) is 63.8 Å². The van der Waals surface area contributed by atoms with Gasteiger partial charge in [0, 0.05) is 18.7 Å². The van der Waals surface area contributed by atoms with Crippen molar-refractivity contribution in [2.75, 3.05) is 6.54 Å². The molecule has 2 aromatic rings. The van der Waals surface area contributed by atoms with Crippen molar-refractivity contribution in [1.82, 2.24) is 20.4 Å². The third-order valence-corrected chi connectivity index (χ3v) is 3.52. The van der Waals surface area contributed by atoms with Gasteiger partial charge < -0.3 is 9.84 Å². The molecule has 0 saturated carbocycles. The molecule has 1 unspecified atom stereocenters. The fourth-order valence-corrected chi connectivity index (χ4v) is 2.33. The van der Waals surface area contributed by atoms with Crippen molar-refractivity contribution in [2.45, 2.75) is 39.2 Å². The van der Waals surface area contributed by atoms with E-state index in [0.717, 1.165) is 25.8 Å². The third kappa shape index (κ3) is 4.66. The van der Waals surface area contributed by atoms with Crippen molar-refractivity contribution in [3.63, 3.8) is 0 Å². The molecule has 0 amide bonds. The predicted octanol–water partition coefficient (Wildman–Crippen LogP) is 3.76. The zero-order chi connectivity index (χ0) is 15.2. The molecule has 2 aromatic heterocycles. The molecular weight excluding hydrogens is 311 g/mol. The average molecular weight is 329 g/mol. The van der Waals surface area contributed by atoms with Crippen LogP contribution >= 0.6 is 23.2 Å². The van der Waals surface area contributed by atoms with Gasteiger partial charge in [0.25, 0.3) is 0 Å². The Morgan fingerprint density at radius 1 is 1.38 bits per heavy atom. The van der Waals surface area contributed by atoms with Crippen LogP contribution < -0.4 is 5.32 Å². The van der Waals surface area contributed by atoms with E-state index < -0.39 is 0 Å². The number of aromatic nitrogens is 3. The number of nitrogens with zero attached hydrogens (tertiary/aromatic N) is 3. The molecule has 0 aliphatic heterocycles. The molecular formula is C14H18Cl2N4O. The van der Waals surface area contributed by atoms with Gasteiger partial charge in [-0.1, -0.05) is 35.3 Å². The van der Waals surface area contributed by atoms with Gasteiger partial charge in [-0.05, 0) is 32.4 Å². The largest absolute Gasteiger partial charge is 0.339 e. The lowest BCUT2D eigenvalue weighted by atomic mass is 10.2. The molecule has 1 atom stereocenters. The molecule has 5 nitrogen and oxygen atoms in total. The second-order valence-electron chi connectivity index (χ2n) is 4.89. The van der Waals surface area contributed by atoms with Gasteiger partial charge in [-0.2, -0.15) is 4.98 Å². The molecule has 2 heterocycles. The Bertz CT molecular complexity index is 588. The van der Waals surface area contributed by atoms with Crippen molar-refractivity contribution in [2.24, 2.45) is 0 Å². The van der Waals surface area contributed by atoms with E-state index in [2.05, 4.69) is 34.3 Å². The summed E-state index contributed by atoms with van der Waals surface area (Å²) in [6, 6.07) is 2.02. The van der Waals surface area contributed by atoms with Crippen LogP contribution in [0.25, 0.3) is 11.5 Å². The number of hydrogen-bond acceptors (Lipinski definition) is 5. The summed E-state index contributed by atoms with van der Waals surface area (Å²) in [5.41, 5.74) is 0.480. The van der Waals surface area contributed by atoms with E-state index in [-0.39, 0.29) is 0 Å². The van der Waals surface area contributed by atoms with Crippen LogP contribution in [0, 0.1) is 0 Å². The second kappa shape index (κ2) is 7.73. The number of halogens is 2. The van der Waals surface area contributed by atoms with Crippen molar-refractivity contribution in [3.8, 4) is 11.5 Å². The molecule has 114 valence electrons. The molecule has 0 spiro atoms. The normalized spacial score (nSPS) is 12.6. The summed E-state index contributed by atoms with van der Waals surface area (Å²) in [6.07, 6.45) is 4.28. The van der Waals surface area contributed by atoms with Gasteiger partial charge in [0.2, 0.25) is 11.7 Å². The second-order valence-corrected chi connectivity index (χ2v) is 5.73. The lowest BCUT2D eigenvalue weighted by Crippen LogP contribution is -2.27. The van der Waals surface area contributed by atoms with Crippen molar-refractivity contribution >= 4 is 23.2 Å². The third-order valence-electron chi connectivity index (χ3n) is 3.02. The lowest BCUT2D eigenvalue weighted by molar-refractivity contribution is 0.367. The molecule has 21 heavy (non-hydrogen) atoms. The fourth-order valence-electron chi connectivity index (χ4n) is 1.86. The smallest absolute Gasteiger partial charge is 0.227 e. The number of hydrogen-bond donors (Lipinski definition) is 1. The van der Waals surface area contributed by atoms with Gasteiger partial charge in [0.05, 0.1) is 10.0 Å². The molecule has 0 aliphatic carbocycles. The number of aryl methyl sites for hydroxylation is 1. The highest BCUT2D eigenvalue weighted by atomic mass is 35.5. The Morgan fingerprint density at radius 3 is 2.90 bits per heavy atom. The summed E-state index contributed by atoms with van der Waals surface area (Å²) in [6.45, 7) is 5.30. The number of nitrogens with one attached hydrogen (secondary N) is 1. The first kappa shape index (κ1) is 16.2. The van der Waals surface area contributed by atoms with Crippen LogP contribution in [-0.4, -0.2) is 27.7 Å². The molecule has 0 aromatic carbocycles. The predicted molar refractivity (Wildman–Crippen MR) is 83.6 cm³/mol. The lowest BCUT2D eigenvalue weighted by Gasteiger charge is -2.10. The minimum absolute atomic E-state index is 0.390. The fraction of sp³-hybridized carbons (Fsp3) is 0.500. The molecule has 7 heteroatoms. The molecule has 0 fully saturated rings. The van der Waals surface area contributed by atoms with Crippen LogP contribution in [0.1, 0.15) is 32.6 Å². The van der Waals surface area contributed by atoms with Gasteiger partial charge in [-0.15, -0.1) is 0 Å². The maximum atomic E-state index is 6.08. The first-order chi connectivity index (χ1) is 10.1. The van der Waals surface area contributed by atoms with Crippen LogP contribution in [0.2, 0.25) is 10.0 Å². The molecule has 0 aliphatic rings. The van der Waals surface area contributed by atoms with Crippen molar-refractivity contribution < 1.29 is 4.52 Å². The minimum Gasteiger partial charge on any atom is -0.339 e. The Balaban J connectivity index is 1.98. The Labute approximate surface area is 134 Å². The molecule has 1 N–H and O–H groups in total. The van der Waals surface area contributed by atoms with E-state index in [4.69, 9.17) is 27.7 Å². The van der Waals surface area contributed by atoms with E-state index >= 15 is 0 Å². The first-order valence-corrected chi connectivity index (χ1v) is 7.73. The van der Waals surface area contributed by atoms with E-state index in [1.54, 1.807) is 6.07 Å². The highest BCUT2D eigenvalue weighted by molar-refractivity contribution is 6.35. The van der Waals surface area contributed by atoms with Crippen LogP contribution in [0.3, 0.4) is 0 Å². The summed E-state index contributed by atoms with van der Waals surface area (Å²) in [4.78, 5) is 8.46. The number of rotatable bonds is 7. The van der Waals surface area contributed by atoms with Crippen LogP contribution in [0.4, 0.5) is 0 Å². The quantitative estimate of drug-likeness (QED) is 0.838. The first-order valence-electron chi connectivity index (χ1n) is 6.97. The Morgan fingerprint density at radius 2 is 2.19 bits per heavy atom. The summed E-state index contributed by atoms with van der Waals surface area (Å²) < 4.78 is 5.24. The Kier molecular flexibility index (Phi) is 5.96. The Hall–Kier alpha value is -1.17. The highest BCUT2D eigenvalue weighted by Crippen LogP contribution is 2.25. The average Bonchev–Trinajstić information content (AvgIpc) is 2.91. The van der Waals surface area contributed by atoms with Crippen LogP contribution in [0.15, 0.2) is 16.8 Å². The van der Waals surface area contributed by atoms with Crippen LogP contribution in [-0.2, 0) is 6.42 Å². The van der Waals surface area contributed by atoms with Crippen LogP contribution in [0.5, 0.6) is 0 Å².